The highest BCUT2D eigenvalue weighted by Crippen LogP contribution is 2.21. The number of carbonyl (C=O) groups excluding carboxylic acids is 1. The van der Waals surface area contributed by atoms with Crippen LogP contribution in [0, 0.1) is 12.7 Å². The Labute approximate surface area is 72.4 Å². The minimum atomic E-state index is -0.366. The number of hydrogen-bond acceptors (Lipinski definition) is 1. The first kappa shape index (κ1) is 8.40. The molecule has 0 saturated heterocycles. The highest BCUT2D eigenvalue weighted by atomic mass is 79.9. The van der Waals surface area contributed by atoms with Crippen molar-refractivity contribution in [3.05, 3.63) is 33.5 Å². The zero-order chi connectivity index (χ0) is 8.43. The van der Waals surface area contributed by atoms with Gasteiger partial charge in [0.15, 0.2) is 6.29 Å². The quantitative estimate of drug-likeness (QED) is 0.661. The zero-order valence-electron chi connectivity index (χ0n) is 5.90. The van der Waals surface area contributed by atoms with Gasteiger partial charge in [0.2, 0.25) is 0 Å². The van der Waals surface area contributed by atoms with Crippen LogP contribution in [0.1, 0.15) is 15.9 Å². The van der Waals surface area contributed by atoms with Gasteiger partial charge in [-0.2, -0.15) is 0 Å². The van der Waals surface area contributed by atoms with E-state index in [1.807, 2.05) is 0 Å². The third-order valence-electron chi connectivity index (χ3n) is 1.43. The van der Waals surface area contributed by atoms with E-state index in [2.05, 4.69) is 15.9 Å². The van der Waals surface area contributed by atoms with Crippen molar-refractivity contribution in [3.63, 3.8) is 0 Å². The number of aryl methyl sites for hydroxylation is 1. The van der Waals surface area contributed by atoms with E-state index in [9.17, 15) is 9.18 Å². The molecule has 0 aromatic heterocycles. The van der Waals surface area contributed by atoms with Crippen LogP contribution in [0.3, 0.4) is 0 Å². The van der Waals surface area contributed by atoms with Gasteiger partial charge in [-0.25, -0.2) is 4.39 Å². The van der Waals surface area contributed by atoms with Crippen molar-refractivity contribution >= 4 is 22.2 Å². The number of aldehydes is 1. The molecule has 0 atom stereocenters. The molecule has 0 heterocycles. The van der Waals surface area contributed by atoms with Gasteiger partial charge in [0.25, 0.3) is 0 Å². The van der Waals surface area contributed by atoms with Crippen LogP contribution in [0.4, 0.5) is 4.39 Å². The van der Waals surface area contributed by atoms with Gasteiger partial charge in [0, 0.05) is 5.56 Å². The predicted octanol–water partition coefficient (Wildman–Crippen LogP) is 2.71. The molecule has 0 N–H and O–H groups in total. The van der Waals surface area contributed by atoms with E-state index in [1.54, 1.807) is 19.1 Å². The minimum Gasteiger partial charge on any atom is -0.298 e. The Bertz CT molecular complexity index is 296. The summed E-state index contributed by atoms with van der Waals surface area (Å²) in [6.07, 6.45) is 0.618. The van der Waals surface area contributed by atoms with Gasteiger partial charge >= 0.3 is 0 Å². The summed E-state index contributed by atoms with van der Waals surface area (Å²) >= 11 is 2.98. The lowest BCUT2D eigenvalue weighted by atomic mass is 10.1. The Hall–Kier alpha value is -0.700. The minimum absolute atomic E-state index is 0.243. The molecule has 0 amide bonds. The molecule has 1 nitrogen and oxygen atoms in total. The lowest BCUT2D eigenvalue weighted by Gasteiger charge is -2.00. The van der Waals surface area contributed by atoms with E-state index < -0.39 is 0 Å². The number of benzene rings is 1. The first-order valence-electron chi connectivity index (χ1n) is 3.06. The van der Waals surface area contributed by atoms with Crippen LogP contribution >= 0.6 is 15.9 Å². The topological polar surface area (TPSA) is 17.1 Å². The zero-order valence-corrected chi connectivity index (χ0v) is 7.48. The van der Waals surface area contributed by atoms with Gasteiger partial charge in [-0.1, -0.05) is 12.1 Å². The summed E-state index contributed by atoms with van der Waals surface area (Å²) < 4.78 is 13.2. The van der Waals surface area contributed by atoms with Gasteiger partial charge in [-0.3, -0.25) is 4.79 Å². The molecule has 0 radical (unpaired) electrons. The molecule has 0 aliphatic heterocycles. The summed E-state index contributed by atoms with van der Waals surface area (Å²) in [6, 6.07) is 3.15. The molecular weight excluding hydrogens is 211 g/mol. The van der Waals surface area contributed by atoms with Crippen molar-refractivity contribution in [3.8, 4) is 0 Å². The second-order valence-electron chi connectivity index (χ2n) is 2.22. The fourth-order valence-electron chi connectivity index (χ4n) is 0.752. The summed E-state index contributed by atoms with van der Waals surface area (Å²) in [5, 5.41) is 0. The molecule has 1 aromatic carbocycles. The van der Waals surface area contributed by atoms with Gasteiger partial charge in [0.1, 0.15) is 5.82 Å². The van der Waals surface area contributed by atoms with E-state index in [-0.39, 0.29) is 10.3 Å². The highest BCUT2D eigenvalue weighted by molar-refractivity contribution is 9.10. The standard InChI is InChI=1S/C8H6BrFO/c1-5-2-3-6(4-11)7(9)8(5)10/h2-4H,1H3. The summed E-state index contributed by atoms with van der Waals surface area (Å²) in [5.41, 5.74) is 0.871. The van der Waals surface area contributed by atoms with Crippen molar-refractivity contribution in [2.45, 2.75) is 6.92 Å². The molecule has 1 aromatic rings. The third kappa shape index (κ3) is 1.48. The van der Waals surface area contributed by atoms with Crippen molar-refractivity contribution < 1.29 is 9.18 Å². The monoisotopic (exact) mass is 216 g/mol. The average molecular weight is 217 g/mol. The second kappa shape index (κ2) is 3.13. The summed E-state index contributed by atoms with van der Waals surface area (Å²) in [4.78, 5) is 10.3. The molecule has 0 spiro atoms. The van der Waals surface area contributed by atoms with Gasteiger partial charge in [-0.15, -0.1) is 0 Å². The Balaban J connectivity index is 3.36. The molecule has 0 unspecified atom stereocenters. The van der Waals surface area contributed by atoms with Crippen LogP contribution < -0.4 is 0 Å². The molecule has 0 bridgehead atoms. The van der Waals surface area contributed by atoms with Crippen molar-refractivity contribution in [1.82, 2.24) is 0 Å². The maximum Gasteiger partial charge on any atom is 0.151 e. The van der Waals surface area contributed by atoms with Gasteiger partial charge in [0.05, 0.1) is 4.47 Å². The Morgan fingerprint density at radius 1 is 1.55 bits per heavy atom. The van der Waals surface area contributed by atoms with Gasteiger partial charge < -0.3 is 0 Å². The second-order valence-corrected chi connectivity index (χ2v) is 3.01. The molecule has 0 fully saturated rings. The molecule has 0 saturated carbocycles. The molecule has 0 aliphatic carbocycles. The Morgan fingerprint density at radius 2 is 2.18 bits per heavy atom. The molecular formula is C8H6BrFO. The van der Waals surface area contributed by atoms with E-state index in [0.717, 1.165) is 0 Å². The number of hydrogen-bond donors (Lipinski definition) is 0. The van der Waals surface area contributed by atoms with Crippen LogP contribution in [-0.4, -0.2) is 6.29 Å². The number of rotatable bonds is 1. The molecule has 3 heteroatoms. The molecule has 11 heavy (non-hydrogen) atoms. The van der Waals surface area contributed by atoms with Crippen LogP contribution in [0.5, 0.6) is 0 Å². The number of carbonyl (C=O) groups is 1. The summed E-state index contributed by atoms with van der Waals surface area (Å²) in [5.74, 6) is -0.366. The Kier molecular flexibility index (Phi) is 2.39. The third-order valence-corrected chi connectivity index (χ3v) is 2.24. The lowest BCUT2D eigenvalue weighted by molar-refractivity contribution is 0.112. The van der Waals surface area contributed by atoms with Gasteiger partial charge in [-0.05, 0) is 28.4 Å². The van der Waals surface area contributed by atoms with E-state index in [4.69, 9.17) is 0 Å². The van der Waals surface area contributed by atoms with Crippen molar-refractivity contribution in [2.75, 3.05) is 0 Å². The number of halogens is 2. The summed E-state index contributed by atoms with van der Waals surface area (Å²) in [6.45, 7) is 1.65. The molecule has 1 rings (SSSR count). The Morgan fingerprint density at radius 3 is 2.73 bits per heavy atom. The fraction of sp³-hybridized carbons (Fsp3) is 0.125. The fourth-order valence-corrected chi connectivity index (χ4v) is 1.29. The van der Waals surface area contributed by atoms with Crippen molar-refractivity contribution in [2.24, 2.45) is 0 Å². The normalized spacial score (nSPS) is 9.73. The highest BCUT2D eigenvalue weighted by Gasteiger charge is 2.06. The van der Waals surface area contributed by atoms with E-state index in [0.29, 0.717) is 17.4 Å². The van der Waals surface area contributed by atoms with E-state index in [1.165, 1.54) is 0 Å². The van der Waals surface area contributed by atoms with Crippen LogP contribution in [0.15, 0.2) is 16.6 Å². The smallest absolute Gasteiger partial charge is 0.151 e. The van der Waals surface area contributed by atoms with Crippen LogP contribution in [0.25, 0.3) is 0 Å². The molecule has 58 valence electrons. The SMILES string of the molecule is Cc1ccc(C=O)c(Br)c1F. The maximum absolute atomic E-state index is 13.0. The van der Waals surface area contributed by atoms with E-state index >= 15 is 0 Å². The van der Waals surface area contributed by atoms with Crippen molar-refractivity contribution in [1.29, 1.82) is 0 Å². The predicted molar refractivity (Wildman–Crippen MR) is 44.2 cm³/mol. The summed E-state index contributed by atoms with van der Waals surface area (Å²) in [7, 11) is 0. The average Bonchev–Trinajstić information content (AvgIpc) is 2.01. The lowest BCUT2D eigenvalue weighted by Crippen LogP contribution is -1.89. The maximum atomic E-state index is 13.0. The molecule has 0 aliphatic rings. The van der Waals surface area contributed by atoms with Crippen LogP contribution in [0.2, 0.25) is 0 Å². The first-order valence-corrected chi connectivity index (χ1v) is 3.86. The van der Waals surface area contributed by atoms with Crippen LogP contribution in [-0.2, 0) is 0 Å². The first-order chi connectivity index (χ1) is 5.16. The largest absolute Gasteiger partial charge is 0.298 e.